The fourth-order valence-electron chi connectivity index (χ4n) is 7.65. The summed E-state index contributed by atoms with van der Waals surface area (Å²) >= 11 is 6.76. The highest BCUT2D eigenvalue weighted by molar-refractivity contribution is 6.31. The zero-order valence-corrected chi connectivity index (χ0v) is 24.2. The van der Waals surface area contributed by atoms with Crippen LogP contribution in [0.2, 0.25) is 5.02 Å². The Morgan fingerprint density at radius 3 is 2.71 bits per heavy atom. The number of fused-ring (bicyclic) bond motifs is 2. The molecule has 1 aromatic heterocycles. The van der Waals surface area contributed by atoms with E-state index in [4.69, 9.17) is 16.3 Å². The van der Waals surface area contributed by atoms with E-state index in [0.29, 0.717) is 49.5 Å². The van der Waals surface area contributed by atoms with Crippen LogP contribution in [0.4, 0.5) is 0 Å². The van der Waals surface area contributed by atoms with Crippen LogP contribution >= 0.6 is 11.6 Å². The first-order valence-corrected chi connectivity index (χ1v) is 15.3. The Balaban J connectivity index is 1.28. The summed E-state index contributed by atoms with van der Waals surface area (Å²) in [4.78, 5) is 44.1. The number of carboxylic acids is 1. The van der Waals surface area contributed by atoms with Gasteiger partial charge in [-0.2, -0.15) is 0 Å². The number of carboxylic acid groups (broad SMARTS) is 1. The molecule has 11 heteroatoms. The summed E-state index contributed by atoms with van der Waals surface area (Å²) in [6.45, 7) is 3.70. The highest BCUT2D eigenvalue weighted by Crippen LogP contribution is 2.56. The van der Waals surface area contributed by atoms with Crippen LogP contribution in [0.25, 0.3) is 0 Å². The third-order valence-corrected chi connectivity index (χ3v) is 10.7. The van der Waals surface area contributed by atoms with Crippen LogP contribution in [-0.2, 0) is 40.4 Å². The first-order valence-electron chi connectivity index (χ1n) is 14.9. The Bertz CT molecular complexity index is 1440. The van der Waals surface area contributed by atoms with Gasteiger partial charge >= 0.3 is 5.97 Å². The Kier molecular flexibility index (Phi) is 6.33. The fourth-order valence-corrected chi connectivity index (χ4v) is 7.91. The monoisotopic (exact) mass is 581 g/mol. The van der Waals surface area contributed by atoms with Crippen LogP contribution in [0.15, 0.2) is 12.1 Å². The quantitative estimate of drug-likeness (QED) is 0.545. The molecule has 1 spiro atoms. The van der Waals surface area contributed by atoms with E-state index in [1.54, 1.807) is 11.8 Å². The summed E-state index contributed by atoms with van der Waals surface area (Å²) in [5.74, 6) is 0.494. The van der Waals surface area contributed by atoms with Crippen molar-refractivity contribution in [1.82, 2.24) is 24.6 Å². The van der Waals surface area contributed by atoms with Gasteiger partial charge in [0.05, 0.1) is 11.3 Å². The Morgan fingerprint density at radius 1 is 1.12 bits per heavy atom. The Hall–Kier alpha value is -3.14. The van der Waals surface area contributed by atoms with Crippen molar-refractivity contribution >= 4 is 29.4 Å². The molecule has 218 valence electrons. The fraction of sp³-hybridized carbons (Fsp3) is 0.633. The minimum atomic E-state index is -1.14. The zero-order valence-electron chi connectivity index (χ0n) is 23.4. The van der Waals surface area contributed by atoms with Crippen molar-refractivity contribution in [2.24, 2.45) is 16.7 Å². The van der Waals surface area contributed by atoms with Gasteiger partial charge in [0.1, 0.15) is 24.3 Å². The number of likely N-dealkylation sites (tertiary alicyclic amines) is 1. The molecule has 2 aliphatic carbocycles. The summed E-state index contributed by atoms with van der Waals surface area (Å²) in [6.07, 6.45) is 6.77. The molecular formula is C30H36ClN5O5. The van der Waals surface area contributed by atoms with Crippen LogP contribution < -0.4 is 4.74 Å². The number of aromatic nitrogens is 3. The standard InChI is InChI=1S/C30H36ClN5O5/c1-29(28(39)40)10-3-2-5-19(29)27(38)35-14-9-18-20(31)7-8-21(41-16-23-33-32-22-6-4-13-34(22)23)25(18)26(35)36-17-30(11-12-30)15-24(36)37/h7-8,19,26H,2-6,9-17H2,1H3,(H,39,40)/t19?,26?,29-/m0/s1. The van der Waals surface area contributed by atoms with Crippen molar-refractivity contribution in [2.45, 2.75) is 90.4 Å². The molecule has 3 atom stereocenters. The molecule has 5 aliphatic rings. The Morgan fingerprint density at radius 2 is 1.95 bits per heavy atom. The molecule has 2 saturated carbocycles. The highest BCUT2D eigenvalue weighted by Gasteiger charge is 2.56. The largest absolute Gasteiger partial charge is 0.485 e. The first kappa shape index (κ1) is 26.7. The lowest BCUT2D eigenvalue weighted by Crippen LogP contribution is -2.54. The number of carbonyl (C=O) groups excluding carboxylic acids is 2. The second-order valence-electron chi connectivity index (χ2n) is 12.9. The van der Waals surface area contributed by atoms with Crippen LogP contribution in [0.3, 0.4) is 0 Å². The maximum atomic E-state index is 14.4. The zero-order chi connectivity index (χ0) is 28.5. The lowest BCUT2D eigenvalue weighted by Gasteiger charge is -2.47. The van der Waals surface area contributed by atoms with E-state index in [1.807, 2.05) is 17.0 Å². The van der Waals surface area contributed by atoms with E-state index in [-0.39, 0.29) is 23.8 Å². The van der Waals surface area contributed by atoms with Gasteiger partial charge in [-0.05, 0) is 68.6 Å². The number of nitrogens with zero attached hydrogens (tertiary/aromatic N) is 5. The number of rotatable bonds is 6. The molecule has 4 heterocycles. The van der Waals surface area contributed by atoms with Gasteiger partial charge in [0.15, 0.2) is 5.82 Å². The summed E-state index contributed by atoms with van der Waals surface area (Å²) < 4.78 is 8.51. The van der Waals surface area contributed by atoms with Gasteiger partial charge in [-0.25, -0.2) is 0 Å². The number of benzene rings is 1. The number of halogens is 1. The van der Waals surface area contributed by atoms with Gasteiger partial charge in [-0.3, -0.25) is 14.4 Å². The van der Waals surface area contributed by atoms with Gasteiger partial charge in [-0.1, -0.05) is 24.4 Å². The van der Waals surface area contributed by atoms with Gasteiger partial charge in [0.2, 0.25) is 11.8 Å². The van der Waals surface area contributed by atoms with E-state index in [9.17, 15) is 19.5 Å². The molecule has 1 saturated heterocycles. The molecule has 41 heavy (non-hydrogen) atoms. The van der Waals surface area contributed by atoms with E-state index in [0.717, 1.165) is 67.8 Å². The maximum absolute atomic E-state index is 14.4. The molecule has 3 fully saturated rings. The van der Waals surface area contributed by atoms with Gasteiger partial charge in [0, 0.05) is 43.1 Å². The third kappa shape index (κ3) is 4.32. The lowest BCUT2D eigenvalue weighted by atomic mass is 9.66. The first-order chi connectivity index (χ1) is 19.7. The highest BCUT2D eigenvalue weighted by atomic mass is 35.5. The number of carbonyl (C=O) groups is 3. The van der Waals surface area contributed by atoms with Crippen LogP contribution in [0, 0.1) is 16.7 Å². The van der Waals surface area contributed by atoms with E-state index in [1.165, 1.54) is 0 Å². The number of amides is 2. The maximum Gasteiger partial charge on any atom is 0.310 e. The number of ether oxygens (including phenoxy) is 1. The van der Waals surface area contributed by atoms with Gasteiger partial charge in [-0.15, -0.1) is 10.2 Å². The van der Waals surface area contributed by atoms with Crippen molar-refractivity contribution in [1.29, 1.82) is 0 Å². The molecule has 7 rings (SSSR count). The predicted molar refractivity (Wildman–Crippen MR) is 148 cm³/mol. The molecule has 1 aromatic carbocycles. The van der Waals surface area contributed by atoms with Crippen molar-refractivity contribution in [3.8, 4) is 5.75 Å². The number of aryl methyl sites for hydroxylation is 1. The smallest absolute Gasteiger partial charge is 0.310 e. The minimum Gasteiger partial charge on any atom is -0.485 e. The SMILES string of the molecule is C[C@]1(C(=O)O)CCCCC1C(=O)N1CCc2c(Cl)ccc(OCc3nnc4n3CCC4)c2C1N1CC2(CC2)CC1=O. The van der Waals surface area contributed by atoms with Gasteiger partial charge < -0.3 is 24.2 Å². The average molecular weight is 582 g/mol. The van der Waals surface area contributed by atoms with Crippen molar-refractivity contribution in [2.75, 3.05) is 13.1 Å². The van der Waals surface area contributed by atoms with Crippen molar-refractivity contribution in [3.63, 3.8) is 0 Å². The summed E-state index contributed by atoms with van der Waals surface area (Å²) in [7, 11) is 0. The van der Waals surface area contributed by atoms with Crippen LogP contribution in [-0.4, -0.2) is 60.5 Å². The summed E-state index contributed by atoms with van der Waals surface area (Å²) in [5.41, 5.74) is 0.441. The van der Waals surface area contributed by atoms with E-state index < -0.39 is 23.5 Å². The number of aliphatic carboxylic acids is 1. The van der Waals surface area contributed by atoms with Crippen LogP contribution in [0.1, 0.15) is 87.2 Å². The number of hydrogen-bond acceptors (Lipinski definition) is 6. The Labute approximate surface area is 244 Å². The van der Waals surface area contributed by atoms with Crippen LogP contribution in [0.5, 0.6) is 5.75 Å². The molecule has 10 nitrogen and oxygen atoms in total. The topological polar surface area (TPSA) is 118 Å². The van der Waals surface area contributed by atoms with Gasteiger partial charge in [0.25, 0.3) is 0 Å². The normalized spacial score (nSPS) is 28.1. The van der Waals surface area contributed by atoms with Crippen molar-refractivity contribution in [3.05, 3.63) is 39.9 Å². The second kappa shape index (κ2) is 9.71. The average Bonchev–Trinajstić information content (AvgIpc) is 3.24. The lowest BCUT2D eigenvalue weighted by molar-refractivity contribution is -0.165. The van der Waals surface area contributed by atoms with E-state index in [2.05, 4.69) is 14.8 Å². The molecule has 0 radical (unpaired) electrons. The number of hydrogen-bond donors (Lipinski definition) is 1. The molecule has 3 aliphatic heterocycles. The summed E-state index contributed by atoms with van der Waals surface area (Å²) in [5, 5.41) is 19.4. The van der Waals surface area contributed by atoms with E-state index >= 15 is 0 Å². The summed E-state index contributed by atoms with van der Waals surface area (Å²) in [6, 6.07) is 3.63. The van der Waals surface area contributed by atoms with Crippen molar-refractivity contribution < 1.29 is 24.2 Å². The molecule has 2 amide bonds. The third-order valence-electron chi connectivity index (χ3n) is 10.3. The predicted octanol–water partition coefficient (Wildman–Crippen LogP) is 4.13. The molecule has 2 unspecified atom stereocenters. The molecule has 2 aromatic rings. The molecule has 0 bridgehead atoms. The minimum absolute atomic E-state index is 0.0176. The molecular weight excluding hydrogens is 546 g/mol. The second-order valence-corrected chi connectivity index (χ2v) is 13.3. The molecule has 1 N–H and O–H groups in total.